The molecular weight excluding hydrogens is 386 g/mol. The number of rotatable bonds is 7. The lowest BCUT2D eigenvalue weighted by atomic mass is 10.1. The average molecular weight is 408 g/mol. The van der Waals surface area contributed by atoms with Crippen LogP contribution in [0.15, 0.2) is 24.3 Å². The second-order valence-corrected chi connectivity index (χ2v) is 8.33. The molecule has 3 N–H and O–H groups in total. The highest BCUT2D eigenvalue weighted by Gasteiger charge is 2.27. The van der Waals surface area contributed by atoms with Crippen molar-refractivity contribution in [3.8, 4) is 5.75 Å². The van der Waals surface area contributed by atoms with Crippen LogP contribution in [-0.4, -0.2) is 40.7 Å². The molecule has 2 unspecified atom stereocenters. The maximum absolute atomic E-state index is 12.2. The lowest BCUT2D eigenvalue weighted by molar-refractivity contribution is -0.124. The normalized spacial score (nSPS) is 19.4. The number of ether oxygens (including phenoxy) is 1. The Morgan fingerprint density at radius 1 is 1.44 bits per heavy atom. The number of aromatic nitrogens is 2. The fourth-order valence-electron chi connectivity index (χ4n) is 2.65. The maximum atomic E-state index is 12.2. The number of benzene rings is 1. The number of hydrogen-bond acceptors (Lipinski definition) is 8. The van der Waals surface area contributed by atoms with Gasteiger partial charge in [-0.3, -0.25) is 14.9 Å². The number of thioether (sulfide) groups is 1. The smallest absolute Gasteiger partial charge is 0.227 e. The highest BCUT2D eigenvalue weighted by molar-refractivity contribution is 7.99. The van der Waals surface area contributed by atoms with Crippen LogP contribution in [0, 0.1) is 6.92 Å². The highest BCUT2D eigenvalue weighted by Crippen LogP contribution is 2.22. The molecular formula is C17H21N5O3S2. The van der Waals surface area contributed by atoms with Crippen molar-refractivity contribution in [1.82, 2.24) is 20.8 Å². The number of aryl methyl sites for hydroxylation is 1. The molecule has 0 aliphatic carbocycles. The van der Waals surface area contributed by atoms with Crippen molar-refractivity contribution in [2.45, 2.75) is 37.1 Å². The molecule has 10 heteroatoms. The van der Waals surface area contributed by atoms with Crippen molar-refractivity contribution in [3.05, 3.63) is 34.8 Å². The van der Waals surface area contributed by atoms with Crippen LogP contribution in [-0.2, 0) is 15.3 Å². The number of methoxy groups -OCH3 is 1. The third kappa shape index (κ3) is 5.91. The van der Waals surface area contributed by atoms with Gasteiger partial charge in [0.05, 0.1) is 7.11 Å². The second kappa shape index (κ2) is 9.16. The molecule has 1 aliphatic heterocycles. The van der Waals surface area contributed by atoms with Crippen molar-refractivity contribution in [3.63, 3.8) is 0 Å². The van der Waals surface area contributed by atoms with Gasteiger partial charge in [0.25, 0.3) is 0 Å². The summed E-state index contributed by atoms with van der Waals surface area (Å²) < 4.78 is 5.23. The summed E-state index contributed by atoms with van der Waals surface area (Å²) in [5, 5.41) is 17.9. The van der Waals surface area contributed by atoms with E-state index in [4.69, 9.17) is 4.74 Å². The largest absolute Gasteiger partial charge is 0.497 e. The van der Waals surface area contributed by atoms with Crippen LogP contribution in [0.1, 0.15) is 23.4 Å². The number of nitrogens with zero attached hydrogens (tertiary/aromatic N) is 2. The van der Waals surface area contributed by atoms with E-state index < -0.39 is 0 Å². The van der Waals surface area contributed by atoms with Crippen molar-refractivity contribution >= 4 is 40.0 Å². The Labute approximate surface area is 165 Å². The van der Waals surface area contributed by atoms with Gasteiger partial charge in [-0.05, 0) is 24.6 Å². The van der Waals surface area contributed by atoms with E-state index in [1.54, 1.807) is 18.9 Å². The fraction of sp³-hybridized carbons (Fsp3) is 0.412. The van der Waals surface area contributed by atoms with Gasteiger partial charge in [0.1, 0.15) is 16.3 Å². The van der Waals surface area contributed by atoms with Gasteiger partial charge >= 0.3 is 0 Å². The molecule has 27 heavy (non-hydrogen) atoms. The summed E-state index contributed by atoms with van der Waals surface area (Å²) in [5.74, 6) is 1.25. The average Bonchev–Trinajstić information content (AvgIpc) is 3.04. The Bertz CT molecular complexity index is 813. The van der Waals surface area contributed by atoms with Gasteiger partial charge in [0.15, 0.2) is 0 Å². The first-order chi connectivity index (χ1) is 13.0. The molecule has 0 radical (unpaired) electrons. The van der Waals surface area contributed by atoms with E-state index >= 15 is 0 Å². The summed E-state index contributed by atoms with van der Waals surface area (Å²) in [4.78, 5) is 24.2. The Balaban J connectivity index is 1.50. The van der Waals surface area contributed by atoms with Crippen LogP contribution in [0.5, 0.6) is 5.75 Å². The molecule has 0 spiro atoms. The van der Waals surface area contributed by atoms with Crippen LogP contribution in [0.2, 0.25) is 0 Å². The summed E-state index contributed by atoms with van der Waals surface area (Å²) in [5.41, 5.74) is 0.848. The monoisotopic (exact) mass is 407 g/mol. The predicted octanol–water partition coefficient (Wildman–Crippen LogP) is 1.88. The van der Waals surface area contributed by atoms with E-state index in [9.17, 15) is 9.59 Å². The van der Waals surface area contributed by atoms with E-state index in [1.807, 2.05) is 31.2 Å². The number of carbonyl (C=O) groups is 2. The van der Waals surface area contributed by atoms with E-state index in [-0.39, 0.29) is 36.2 Å². The first kappa shape index (κ1) is 19.6. The molecule has 1 saturated heterocycles. The van der Waals surface area contributed by atoms with Crippen LogP contribution >= 0.6 is 23.1 Å². The quantitative estimate of drug-likeness (QED) is 0.643. The third-order valence-corrected chi connectivity index (χ3v) is 5.71. The van der Waals surface area contributed by atoms with Crippen LogP contribution in [0.3, 0.4) is 0 Å². The topological polar surface area (TPSA) is 105 Å². The molecule has 2 amide bonds. The standard InChI is InChI=1S/C17H21N5O3S2/c1-10-21-22-17(27-10)20-15(24)8-12-7-14(23)19-16(18-12)26-9-11-4-3-5-13(6-11)25-2/h3-6,12,16,18H,7-9H2,1-2H3,(H,19,23)(H,20,22,24). The van der Waals surface area contributed by atoms with Crippen LogP contribution < -0.4 is 20.7 Å². The zero-order valence-corrected chi connectivity index (χ0v) is 16.7. The Hall–Kier alpha value is -2.17. The summed E-state index contributed by atoms with van der Waals surface area (Å²) in [6.45, 7) is 1.82. The fourth-order valence-corrected chi connectivity index (χ4v) is 4.30. The van der Waals surface area contributed by atoms with E-state index in [1.165, 1.54) is 11.3 Å². The number of amides is 2. The third-order valence-electron chi connectivity index (χ3n) is 3.87. The zero-order chi connectivity index (χ0) is 19.2. The minimum absolute atomic E-state index is 0.0681. The van der Waals surface area contributed by atoms with Gasteiger partial charge in [-0.2, -0.15) is 0 Å². The molecule has 144 valence electrons. The molecule has 1 fully saturated rings. The molecule has 1 aliphatic rings. The number of carbonyl (C=O) groups excluding carboxylic acids is 2. The molecule has 3 rings (SSSR count). The molecule has 0 saturated carbocycles. The maximum Gasteiger partial charge on any atom is 0.227 e. The molecule has 8 nitrogen and oxygen atoms in total. The Morgan fingerprint density at radius 2 is 2.30 bits per heavy atom. The number of hydrogen-bond donors (Lipinski definition) is 3. The summed E-state index contributed by atoms with van der Waals surface area (Å²) in [7, 11) is 1.63. The Morgan fingerprint density at radius 3 is 3.04 bits per heavy atom. The van der Waals surface area contributed by atoms with E-state index in [0.29, 0.717) is 10.9 Å². The first-order valence-electron chi connectivity index (χ1n) is 8.42. The van der Waals surface area contributed by atoms with Crippen LogP contribution in [0.4, 0.5) is 5.13 Å². The lowest BCUT2D eigenvalue weighted by Crippen LogP contribution is -2.55. The first-order valence-corrected chi connectivity index (χ1v) is 10.3. The summed E-state index contributed by atoms with van der Waals surface area (Å²) in [6, 6.07) is 7.57. The molecule has 0 bridgehead atoms. The van der Waals surface area contributed by atoms with E-state index in [2.05, 4.69) is 26.1 Å². The van der Waals surface area contributed by atoms with Crippen molar-refractivity contribution in [1.29, 1.82) is 0 Å². The van der Waals surface area contributed by atoms with Gasteiger partial charge in [0, 0.05) is 24.6 Å². The lowest BCUT2D eigenvalue weighted by Gasteiger charge is -2.30. The number of anilines is 1. The van der Waals surface area contributed by atoms with Gasteiger partial charge in [-0.25, -0.2) is 0 Å². The molecule has 1 aromatic heterocycles. The van der Waals surface area contributed by atoms with Gasteiger partial charge in [0.2, 0.25) is 16.9 Å². The second-order valence-electron chi connectivity index (χ2n) is 6.06. The highest BCUT2D eigenvalue weighted by atomic mass is 32.2. The SMILES string of the molecule is COc1cccc(CSC2NC(=O)CC(CC(=O)Nc3nnc(C)s3)N2)c1. The van der Waals surface area contributed by atoms with E-state index in [0.717, 1.165) is 16.3 Å². The van der Waals surface area contributed by atoms with Crippen molar-refractivity contribution in [2.75, 3.05) is 12.4 Å². The summed E-state index contributed by atoms with van der Waals surface area (Å²) in [6.07, 6.45) is 0.459. The van der Waals surface area contributed by atoms with Crippen LogP contribution in [0.25, 0.3) is 0 Å². The van der Waals surface area contributed by atoms with Crippen molar-refractivity contribution < 1.29 is 14.3 Å². The molecule has 1 aromatic carbocycles. The molecule has 2 heterocycles. The summed E-state index contributed by atoms with van der Waals surface area (Å²) >= 11 is 2.88. The minimum atomic E-state index is -0.251. The Kier molecular flexibility index (Phi) is 6.64. The van der Waals surface area contributed by atoms with Gasteiger partial charge in [-0.15, -0.1) is 22.0 Å². The van der Waals surface area contributed by atoms with Gasteiger partial charge in [-0.1, -0.05) is 23.5 Å². The number of nitrogens with one attached hydrogen (secondary N) is 3. The van der Waals surface area contributed by atoms with Gasteiger partial charge < -0.3 is 15.4 Å². The molecule has 2 atom stereocenters. The zero-order valence-electron chi connectivity index (χ0n) is 15.0. The van der Waals surface area contributed by atoms with Crippen molar-refractivity contribution in [2.24, 2.45) is 0 Å². The molecule has 2 aromatic rings. The predicted molar refractivity (Wildman–Crippen MR) is 106 cm³/mol. The minimum Gasteiger partial charge on any atom is -0.497 e.